The average molecular weight is 445 g/mol. The van der Waals surface area contributed by atoms with Gasteiger partial charge in [-0.3, -0.25) is 9.59 Å². The minimum atomic E-state index is -0.147. The molecule has 6 nitrogen and oxygen atoms in total. The van der Waals surface area contributed by atoms with Crippen molar-refractivity contribution in [2.75, 3.05) is 26.3 Å². The lowest BCUT2D eigenvalue weighted by molar-refractivity contribution is -0.133. The zero-order chi connectivity index (χ0) is 22.6. The molecule has 0 aromatic heterocycles. The molecule has 2 amide bonds. The van der Waals surface area contributed by atoms with E-state index in [9.17, 15) is 9.59 Å². The van der Waals surface area contributed by atoms with E-state index in [0.717, 1.165) is 52.7 Å². The van der Waals surface area contributed by atoms with Gasteiger partial charge in [0.05, 0.1) is 32.2 Å². The van der Waals surface area contributed by atoms with Crippen molar-refractivity contribution < 1.29 is 19.1 Å². The smallest absolute Gasteiger partial charge is 0.242 e. The van der Waals surface area contributed by atoms with Crippen LogP contribution in [0.4, 0.5) is 0 Å². The monoisotopic (exact) mass is 444 g/mol. The molecule has 0 unspecified atom stereocenters. The molecule has 1 atom stereocenters. The van der Waals surface area contributed by atoms with Crippen molar-refractivity contribution in [1.82, 2.24) is 10.2 Å². The molecule has 1 fully saturated rings. The molecular formula is C27H28N2O4. The quantitative estimate of drug-likeness (QED) is 0.645. The predicted molar refractivity (Wildman–Crippen MR) is 126 cm³/mol. The van der Waals surface area contributed by atoms with E-state index in [1.165, 1.54) is 0 Å². The first-order valence-corrected chi connectivity index (χ1v) is 11.6. The fraction of sp³-hybridized carbons (Fsp3) is 0.333. The lowest BCUT2D eigenvalue weighted by Gasteiger charge is -2.26. The first-order chi connectivity index (χ1) is 16.2. The van der Waals surface area contributed by atoms with Gasteiger partial charge < -0.3 is 19.7 Å². The number of amides is 2. The number of rotatable bonds is 5. The van der Waals surface area contributed by atoms with Gasteiger partial charge in [0.15, 0.2) is 11.5 Å². The highest BCUT2D eigenvalue weighted by Gasteiger charge is 2.30. The number of fused-ring (bicyclic) bond motifs is 2. The number of hydrogen-bond acceptors (Lipinski definition) is 4. The number of benzene rings is 3. The Balaban J connectivity index is 1.22. The Kier molecular flexibility index (Phi) is 6.15. The highest BCUT2D eigenvalue weighted by atomic mass is 16.5. The maximum absolute atomic E-state index is 13.0. The largest absolute Gasteiger partial charge is 0.490 e. The van der Waals surface area contributed by atoms with Crippen molar-refractivity contribution in [3.05, 3.63) is 71.8 Å². The van der Waals surface area contributed by atoms with Crippen LogP contribution in [-0.2, 0) is 16.0 Å². The molecule has 170 valence electrons. The summed E-state index contributed by atoms with van der Waals surface area (Å²) < 4.78 is 11.6. The summed E-state index contributed by atoms with van der Waals surface area (Å²) >= 11 is 0. The third-order valence-corrected chi connectivity index (χ3v) is 6.40. The van der Waals surface area contributed by atoms with Gasteiger partial charge in [-0.1, -0.05) is 48.5 Å². The second kappa shape index (κ2) is 9.53. The third kappa shape index (κ3) is 4.65. The number of likely N-dealkylation sites (tertiary alicyclic amines) is 1. The van der Waals surface area contributed by atoms with E-state index in [0.29, 0.717) is 19.8 Å². The Bertz CT molecular complexity index is 1170. The summed E-state index contributed by atoms with van der Waals surface area (Å²) in [4.78, 5) is 27.5. The number of nitrogens with zero attached hydrogens (tertiary/aromatic N) is 1. The Morgan fingerprint density at radius 2 is 1.76 bits per heavy atom. The first kappa shape index (κ1) is 21.3. The topological polar surface area (TPSA) is 67.9 Å². The molecule has 2 aliphatic rings. The molecule has 1 N–H and O–H groups in total. The molecule has 5 rings (SSSR count). The van der Waals surface area contributed by atoms with Crippen molar-refractivity contribution in [2.45, 2.75) is 31.7 Å². The van der Waals surface area contributed by atoms with Crippen LogP contribution in [0.1, 0.15) is 36.4 Å². The molecule has 0 saturated carbocycles. The van der Waals surface area contributed by atoms with E-state index in [4.69, 9.17) is 9.47 Å². The van der Waals surface area contributed by atoms with Gasteiger partial charge in [0.25, 0.3) is 0 Å². The molecule has 2 heterocycles. The van der Waals surface area contributed by atoms with Gasteiger partial charge in [0.1, 0.15) is 0 Å². The van der Waals surface area contributed by atoms with Gasteiger partial charge in [0, 0.05) is 13.0 Å². The van der Waals surface area contributed by atoms with E-state index in [-0.39, 0.29) is 30.8 Å². The molecule has 1 saturated heterocycles. The van der Waals surface area contributed by atoms with Crippen LogP contribution in [0.2, 0.25) is 0 Å². The molecule has 2 aliphatic heterocycles. The average Bonchev–Trinajstić information content (AvgIpc) is 3.21. The molecule has 0 bridgehead atoms. The van der Waals surface area contributed by atoms with Crippen LogP contribution in [0.3, 0.4) is 0 Å². The highest BCUT2D eigenvalue weighted by molar-refractivity contribution is 5.91. The molecule has 3 aromatic carbocycles. The Morgan fingerprint density at radius 1 is 0.939 bits per heavy atom. The Hall–Kier alpha value is -3.54. The number of carbonyl (C=O) groups is 2. The van der Waals surface area contributed by atoms with Gasteiger partial charge in [0.2, 0.25) is 11.8 Å². The van der Waals surface area contributed by atoms with E-state index in [2.05, 4.69) is 5.32 Å². The number of carbonyl (C=O) groups excluding carboxylic acids is 2. The van der Waals surface area contributed by atoms with Crippen molar-refractivity contribution in [3.63, 3.8) is 0 Å². The number of ether oxygens (including phenoxy) is 2. The first-order valence-electron chi connectivity index (χ1n) is 11.6. The molecule has 0 radical (unpaired) electrons. The number of nitrogens with one attached hydrogen (secondary N) is 1. The normalized spacial score (nSPS) is 17.6. The minimum Gasteiger partial charge on any atom is -0.490 e. The third-order valence-electron chi connectivity index (χ3n) is 6.40. The molecule has 0 spiro atoms. The molecule has 33 heavy (non-hydrogen) atoms. The van der Waals surface area contributed by atoms with E-state index >= 15 is 0 Å². The highest BCUT2D eigenvalue weighted by Crippen LogP contribution is 2.37. The fourth-order valence-electron chi connectivity index (χ4n) is 4.76. The van der Waals surface area contributed by atoms with Gasteiger partial charge in [-0.25, -0.2) is 0 Å². The summed E-state index contributed by atoms with van der Waals surface area (Å²) in [6.07, 6.45) is 2.95. The lowest BCUT2D eigenvalue weighted by atomic mass is 10.0. The van der Waals surface area contributed by atoms with Crippen LogP contribution >= 0.6 is 0 Å². The van der Waals surface area contributed by atoms with Crippen LogP contribution in [0.15, 0.2) is 60.7 Å². The molecule has 0 aliphatic carbocycles. The lowest BCUT2D eigenvalue weighted by Crippen LogP contribution is -2.40. The van der Waals surface area contributed by atoms with Gasteiger partial charge in [-0.05, 0) is 46.9 Å². The molecular weight excluding hydrogens is 416 g/mol. The molecule has 6 heteroatoms. The standard InChI is InChI=1S/C27H28N2O4/c30-26(17-20-8-3-7-19-6-1-2-9-22(19)20)28-18-27(31)29-13-4-10-23(29)21-11-12-24-25(16-21)33-15-5-14-32-24/h1-3,6-9,11-12,16,23H,4-5,10,13-15,17-18H2,(H,28,30)/t23-/m0/s1. The van der Waals surface area contributed by atoms with E-state index < -0.39 is 0 Å². The summed E-state index contributed by atoms with van der Waals surface area (Å²) in [6.45, 7) is 1.98. The Labute approximate surface area is 193 Å². The van der Waals surface area contributed by atoms with Crippen LogP contribution in [0, 0.1) is 0 Å². The number of hydrogen-bond donors (Lipinski definition) is 1. The van der Waals surface area contributed by atoms with Crippen LogP contribution < -0.4 is 14.8 Å². The van der Waals surface area contributed by atoms with Gasteiger partial charge >= 0.3 is 0 Å². The second-order valence-electron chi connectivity index (χ2n) is 8.59. The minimum absolute atomic E-state index is 0.00461. The molecule has 3 aromatic rings. The zero-order valence-corrected chi connectivity index (χ0v) is 18.6. The van der Waals surface area contributed by atoms with Crippen LogP contribution in [0.5, 0.6) is 11.5 Å². The fourth-order valence-corrected chi connectivity index (χ4v) is 4.76. The van der Waals surface area contributed by atoms with Crippen molar-refractivity contribution in [3.8, 4) is 11.5 Å². The van der Waals surface area contributed by atoms with Crippen molar-refractivity contribution >= 4 is 22.6 Å². The maximum Gasteiger partial charge on any atom is 0.242 e. The van der Waals surface area contributed by atoms with Crippen molar-refractivity contribution in [1.29, 1.82) is 0 Å². The Morgan fingerprint density at radius 3 is 2.67 bits per heavy atom. The van der Waals surface area contributed by atoms with Crippen molar-refractivity contribution in [2.24, 2.45) is 0 Å². The van der Waals surface area contributed by atoms with Gasteiger partial charge in [-0.15, -0.1) is 0 Å². The van der Waals surface area contributed by atoms with E-state index in [1.54, 1.807) is 0 Å². The van der Waals surface area contributed by atoms with Crippen LogP contribution in [-0.4, -0.2) is 43.0 Å². The maximum atomic E-state index is 13.0. The van der Waals surface area contributed by atoms with Crippen LogP contribution in [0.25, 0.3) is 10.8 Å². The summed E-state index contributed by atoms with van der Waals surface area (Å²) in [6, 6.07) is 19.9. The summed E-state index contributed by atoms with van der Waals surface area (Å²) in [7, 11) is 0. The zero-order valence-electron chi connectivity index (χ0n) is 18.6. The SMILES string of the molecule is O=C(Cc1cccc2ccccc12)NCC(=O)N1CCC[C@H]1c1ccc2c(c1)OCCCO2. The van der Waals surface area contributed by atoms with E-state index in [1.807, 2.05) is 65.6 Å². The van der Waals surface area contributed by atoms with Gasteiger partial charge in [-0.2, -0.15) is 0 Å². The predicted octanol–water partition coefficient (Wildman–Crippen LogP) is 4.02. The second-order valence-corrected chi connectivity index (χ2v) is 8.59. The summed E-state index contributed by atoms with van der Waals surface area (Å²) in [5.41, 5.74) is 2.01. The summed E-state index contributed by atoms with van der Waals surface area (Å²) in [5, 5.41) is 5.00. The summed E-state index contributed by atoms with van der Waals surface area (Å²) in [5.74, 6) is 1.29.